The minimum atomic E-state index is -3.80. The molecule has 0 atom stereocenters. The molecule has 1 amide bonds. The molecule has 5 nitrogen and oxygen atoms in total. The molecule has 7 heteroatoms. The van der Waals surface area contributed by atoms with E-state index >= 15 is 0 Å². The van der Waals surface area contributed by atoms with E-state index in [2.05, 4.69) is 10.0 Å². The molecule has 2 aromatic rings. The van der Waals surface area contributed by atoms with Gasteiger partial charge in [0.05, 0.1) is 21.0 Å². The highest BCUT2D eigenvalue weighted by Gasteiger charge is 2.39. The molecule has 1 aliphatic heterocycles. The average Bonchev–Trinajstić information content (AvgIpc) is 2.71. The Kier molecular flexibility index (Phi) is 3.61. The van der Waals surface area contributed by atoms with Crippen LogP contribution in [0.2, 0.25) is 5.02 Å². The van der Waals surface area contributed by atoms with Crippen molar-refractivity contribution in [1.82, 2.24) is 0 Å². The molecule has 120 valence electrons. The molecule has 23 heavy (non-hydrogen) atoms. The first-order valence-corrected chi connectivity index (χ1v) is 8.81. The van der Waals surface area contributed by atoms with Crippen LogP contribution in [0.3, 0.4) is 0 Å². The van der Waals surface area contributed by atoms with Crippen LogP contribution in [-0.4, -0.2) is 14.3 Å². The van der Waals surface area contributed by atoms with Gasteiger partial charge < -0.3 is 5.32 Å². The van der Waals surface area contributed by atoms with E-state index in [1.54, 1.807) is 44.2 Å². The van der Waals surface area contributed by atoms with E-state index in [9.17, 15) is 13.2 Å². The van der Waals surface area contributed by atoms with Gasteiger partial charge in [0.2, 0.25) is 5.91 Å². The fourth-order valence-electron chi connectivity index (χ4n) is 2.47. The zero-order valence-electron chi connectivity index (χ0n) is 12.6. The van der Waals surface area contributed by atoms with Crippen LogP contribution in [0.5, 0.6) is 0 Å². The average molecular weight is 351 g/mol. The van der Waals surface area contributed by atoms with Crippen LogP contribution in [-0.2, 0) is 20.2 Å². The van der Waals surface area contributed by atoms with E-state index in [1.807, 2.05) is 0 Å². The Balaban J connectivity index is 2.01. The minimum absolute atomic E-state index is 0.0840. The molecule has 0 unspecified atom stereocenters. The zero-order chi connectivity index (χ0) is 16.8. The van der Waals surface area contributed by atoms with Gasteiger partial charge in [0.25, 0.3) is 10.0 Å². The van der Waals surface area contributed by atoms with Crippen molar-refractivity contribution in [2.45, 2.75) is 24.2 Å². The van der Waals surface area contributed by atoms with E-state index in [4.69, 9.17) is 11.6 Å². The molecule has 0 radical (unpaired) electrons. The molecule has 0 fully saturated rings. The first-order chi connectivity index (χ1) is 10.7. The van der Waals surface area contributed by atoms with Crippen molar-refractivity contribution < 1.29 is 13.2 Å². The number of nitrogens with one attached hydrogen (secondary N) is 2. The monoisotopic (exact) mass is 350 g/mol. The Morgan fingerprint density at radius 2 is 1.83 bits per heavy atom. The summed E-state index contributed by atoms with van der Waals surface area (Å²) in [4.78, 5) is 12.0. The van der Waals surface area contributed by atoms with Gasteiger partial charge in [-0.2, -0.15) is 0 Å². The van der Waals surface area contributed by atoms with E-state index < -0.39 is 15.4 Å². The number of sulfonamides is 1. The fraction of sp³-hybridized carbons (Fsp3) is 0.188. The van der Waals surface area contributed by atoms with Crippen LogP contribution >= 0.6 is 11.6 Å². The number of rotatable bonds is 3. The van der Waals surface area contributed by atoms with E-state index in [1.165, 1.54) is 12.1 Å². The SMILES string of the molecule is CC1(C)C(=O)Nc2ccc(S(=O)(=O)Nc3ccccc3Cl)cc21. The number of anilines is 2. The Bertz CT molecular complexity index is 907. The predicted molar refractivity (Wildman–Crippen MR) is 90.4 cm³/mol. The normalized spacial score (nSPS) is 15.9. The summed E-state index contributed by atoms with van der Waals surface area (Å²) in [5.74, 6) is -0.152. The van der Waals surface area contributed by atoms with Crippen molar-refractivity contribution in [3.63, 3.8) is 0 Å². The van der Waals surface area contributed by atoms with E-state index in [0.29, 0.717) is 22.0 Å². The largest absolute Gasteiger partial charge is 0.325 e. The van der Waals surface area contributed by atoms with Crippen molar-refractivity contribution in [3.8, 4) is 0 Å². The number of benzene rings is 2. The third kappa shape index (κ3) is 2.68. The molecule has 0 spiro atoms. The molecular weight excluding hydrogens is 336 g/mol. The lowest BCUT2D eigenvalue weighted by molar-refractivity contribution is -0.119. The fourth-order valence-corrected chi connectivity index (χ4v) is 3.81. The second-order valence-corrected chi connectivity index (χ2v) is 7.96. The van der Waals surface area contributed by atoms with Crippen molar-refractivity contribution in [2.75, 3.05) is 10.0 Å². The highest BCUT2D eigenvalue weighted by molar-refractivity contribution is 7.92. The molecule has 2 aromatic carbocycles. The standard InChI is InChI=1S/C16H15ClN2O3S/c1-16(2)11-9-10(7-8-13(11)18-15(16)20)23(21,22)19-14-6-4-3-5-12(14)17/h3-9,19H,1-2H3,(H,18,20). The molecule has 0 aromatic heterocycles. The summed E-state index contributed by atoms with van der Waals surface area (Å²) in [7, 11) is -3.80. The molecule has 1 heterocycles. The second-order valence-electron chi connectivity index (χ2n) is 5.87. The number of carbonyl (C=O) groups excluding carboxylic acids is 1. The van der Waals surface area contributed by atoms with E-state index in [0.717, 1.165) is 0 Å². The van der Waals surface area contributed by atoms with Gasteiger partial charge in [-0.25, -0.2) is 8.42 Å². The van der Waals surface area contributed by atoms with Gasteiger partial charge in [0.1, 0.15) is 0 Å². The topological polar surface area (TPSA) is 75.3 Å². The van der Waals surface area contributed by atoms with Gasteiger partial charge in [0.15, 0.2) is 0 Å². The lowest BCUT2D eigenvalue weighted by Gasteiger charge is -2.16. The first kappa shape index (κ1) is 15.8. The maximum absolute atomic E-state index is 12.6. The van der Waals surface area contributed by atoms with Crippen LogP contribution in [0.1, 0.15) is 19.4 Å². The maximum Gasteiger partial charge on any atom is 0.261 e. The molecular formula is C16H15ClN2O3S. The van der Waals surface area contributed by atoms with Gasteiger partial charge >= 0.3 is 0 Å². The van der Waals surface area contributed by atoms with Crippen molar-refractivity contribution >= 4 is 38.9 Å². The molecule has 0 saturated heterocycles. The van der Waals surface area contributed by atoms with E-state index in [-0.39, 0.29) is 10.8 Å². The van der Waals surface area contributed by atoms with Gasteiger partial charge in [-0.05, 0) is 49.7 Å². The van der Waals surface area contributed by atoms with Crippen LogP contribution < -0.4 is 10.0 Å². The summed E-state index contributed by atoms with van der Waals surface area (Å²) >= 11 is 5.99. The molecule has 2 N–H and O–H groups in total. The van der Waals surface area contributed by atoms with Crippen LogP contribution in [0.15, 0.2) is 47.4 Å². The number of halogens is 1. The van der Waals surface area contributed by atoms with Crippen molar-refractivity contribution in [2.24, 2.45) is 0 Å². The minimum Gasteiger partial charge on any atom is -0.325 e. The molecule has 0 saturated carbocycles. The third-order valence-electron chi connectivity index (χ3n) is 3.91. The summed E-state index contributed by atoms with van der Waals surface area (Å²) in [5, 5.41) is 3.06. The smallest absolute Gasteiger partial charge is 0.261 e. The first-order valence-electron chi connectivity index (χ1n) is 6.95. The third-order valence-corrected chi connectivity index (χ3v) is 5.60. The molecule has 0 bridgehead atoms. The number of hydrogen-bond donors (Lipinski definition) is 2. The van der Waals surface area contributed by atoms with Gasteiger partial charge in [0, 0.05) is 5.69 Å². The highest BCUT2D eigenvalue weighted by atomic mass is 35.5. The van der Waals surface area contributed by atoms with Gasteiger partial charge in [-0.3, -0.25) is 9.52 Å². The van der Waals surface area contributed by atoms with Crippen molar-refractivity contribution in [3.05, 3.63) is 53.1 Å². The molecule has 1 aliphatic rings. The number of amides is 1. The Labute approximate surface area is 139 Å². The highest BCUT2D eigenvalue weighted by Crippen LogP contribution is 2.38. The van der Waals surface area contributed by atoms with Crippen LogP contribution in [0.4, 0.5) is 11.4 Å². The van der Waals surface area contributed by atoms with Crippen LogP contribution in [0, 0.1) is 0 Å². The van der Waals surface area contributed by atoms with Crippen LogP contribution in [0.25, 0.3) is 0 Å². The summed E-state index contributed by atoms with van der Waals surface area (Å²) in [6, 6.07) is 11.2. The number of fused-ring (bicyclic) bond motifs is 1. The zero-order valence-corrected chi connectivity index (χ0v) is 14.1. The number of carbonyl (C=O) groups is 1. The Hall–Kier alpha value is -2.05. The lowest BCUT2D eigenvalue weighted by Crippen LogP contribution is -2.27. The summed E-state index contributed by atoms with van der Waals surface area (Å²) in [5.41, 5.74) is 0.829. The van der Waals surface area contributed by atoms with Gasteiger partial charge in [-0.1, -0.05) is 23.7 Å². The summed E-state index contributed by atoms with van der Waals surface area (Å²) in [6.07, 6.45) is 0. The maximum atomic E-state index is 12.6. The number of hydrogen-bond acceptors (Lipinski definition) is 3. The lowest BCUT2D eigenvalue weighted by atomic mass is 9.86. The van der Waals surface area contributed by atoms with Gasteiger partial charge in [-0.15, -0.1) is 0 Å². The Morgan fingerprint density at radius 3 is 2.52 bits per heavy atom. The quantitative estimate of drug-likeness (QED) is 0.891. The molecule has 0 aliphatic carbocycles. The second kappa shape index (κ2) is 5.25. The Morgan fingerprint density at radius 1 is 1.13 bits per heavy atom. The molecule has 3 rings (SSSR count). The predicted octanol–water partition coefficient (Wildman–Crippen LogP) is 3.37. The van der Waals surface area contributed by atoms with Crippen molar-refractivity contribution in [1.29, 1.82) is 0 Å². The summed E-state index contributed by atoms with van der Waals surface area (Å²) in [6.45, 7) is 3.51. The number of para-hydroxylation sites is 1. The summed E-state index contributed by atoms with van der Waals surface area (Å²) < 4.78 is 27.6.